The van der Waals surface area contributed by atoms with Gasteiger partial charge in [-0.05, 0) is 56.5 Å². The zero-order valence-corrected chi connectivity index (χ0v) is 10.4. The Morgan fingerprint density at radius 3 is 2.69 bits per heavy atom. The zero-order chi connectivity index (χ0) is 11.4. The number of hydrogen-bond acceptors (Lipinski definition) is 2. The third-order valence-electron chi connectivity index (χ3n) is 3.45. The van der Waals surface area contributed by atoms with E-state index in [2.05, 4.69) is 42.3 Å². The van der Waals surface area contributed by atoms with Crippen LogP contribution >= 0.6 is 0 Å². The normalized spacial score (nSPS) is 18.0. The average Bonchev–Trinajstić information content (AvgIpc) is 2.22. The Labute approximate surface area is 98.7 Å². The van der Waals surface area contributed by atoms with Gasteiger partial charge < -0.3 is 10.2 Å². The first-order chi connectivity index (χ1) is 7.77. The summed E-state index contributed by atoms with van der Waals surface area (Å²) in [7, 11) is 0. The maximum absolute atomic E-state index is 3.47. The molecule has 2 heteroatoms. The van der Waals surface area contributed by atoms with E-state index >= 15 is 0 Å². The SMILES string of the molecule is Cc1ccc(N2CCCCNCC2)cc1C. The van der Waals surface area contributed by atoms with Crippen molar-refractivity contribution in [3.63, 3.8) is 0 Å². The van der Waals surface area contributed by atoms with Crippen LogP contribution in [0.25, 0.3) is 0 Å². The topological polar surface area (TPSA) is 15.3 Å². The molecule has 88 valence electrons. The van der Waals surface area contributed by atoms with Gasteiger partial charge >= 0.3 is 0 Å². The third-order valence-corrected chi connectivity index (χ3v) is 3.45. The van der Waals surface area contributed by atoms with Crippen molar-refractivity contribution >= 4 is 5.69 Å². The molecule has 0 unspecified atom stereocenters. The van der Waals surface area contributed by atoms with Crippen LogP contribution in [0.3, 0.4) is 0 Å². The summed E-state index contributed by atoms with van der Waals surface area (Å²) in [6.07, 6.45) is 2.58. The van der Waals surface area contributed by atoms with Crippen molar-refractivity contribution in [1.29, 1.82) is 0 Å². The van der Waals surface area contributed by atoms with Gasteiger partial charge in [0.2, 0.25) is 0 Å². The smallest absolute Gasteiger partial charge is 0.0369 e. The first-order valence-electron chi connectivity index (χ1n) is 6.30. The van der Waals surface area contributed by atoms with Crippen LogP contribution in [-0.2, 0) is 0 Å². The van der Waals surface area contributed by atoms with E-state index in [1.54, 1.807) is 0 Å². The van der Waals surface area contributed by atoms with Crippen molar-refractivity contribution in [1.82, 2.24) is 5.32 Å². The maximum atomic E-state index is 3.47. The number of benzene rings is 1. The molecule has 1 aromatic rings. The van der Waals surface area contributed by atoms with Gasteiger partial charge in [0, 0.05) is 25.3 Å². The molecule has 2 nitrogen and oxygen atoms in total. The summed E-state index contributed by atoms with van der Waals surface area (Å²) in [5.41, 5.74) is 4.16. The molecule has 1 N–H and O–H groups in total. The Kier molecular flexibility index (Phi) is 3.83. The molecule has 0 atom stereocenters. The van der Waals surface area contributed by atoms with E-state index in [0.29, 0.717) is 0 Å². The minimum Gasteiger partial charge on any atom is -0.370 e. The summed E-state index contributed by atoms with van der Waals surface area (Å²) in [6, 6.07) is 6.80. The van der Waals surface area contributed by atoms with E-state index in [-0.39, 0.29) is 0 Å². The van der Waals surface area contributed by atoms with E-state index in [1.807, 2.05) is 0 Å². The van der Waals surface area contributed by atoms with Crippen LogP contribution in [0.4, 0.5) is 5.69 Å². The fraction of sp³-hybridized carbons (Fsp3) is 0.571. The monoisotopic (exact) mass is 218 g/mol. The first kappa shape index (κ1) is 11.5. The van der Waals surface area contributed by atoms with Crippen LogP contribution in [0.1, 0.15) is 24.0 Å². The van der Waals surface area contributed by atoms with Gasteiger partial charge in [-0.15, -0.1) is 0 Å². The molecule has 1 heterocycles. The number of nitrogens with one attached hydrogen (secondary N) is 1. The molecule has 2 rings (SSSR count). The fourth-order valence-corrected chi connectivity index (χ4v) is 2.18. The quantitative estimate of drug-likeness (QED) is 0.779. The van der Waals surface area contributed by atoms with E-state index in [4.69, 9.17) is 0 Å². The van der Waals surface area contributed by atoms with Crippen LogP contribution in [-0.4, -0.2) is 26.2 Å². The van der Waals surface area contributed by atoms with Gasteiger partial charge in [-0.1, -0.05) is 6.07 Å². The largest absolute Gasteiger partial charge is 0.370 e. The molecule has 16 heavy (non-hydrogen) atoms. The second-order valence-electron chi connectivity index (χ2n) is 4.71. The number of anilines is 1. The van der Waals surface area contributed by atoms with Gasteiger partial charge in [-0.25, -0.2) is 0 Å². The van der Waals surface area contributed by atoms with Gasteiger partial charge in [0.25, 0.3) is 0 Å². The van der Waals surface area contributed by atoms with Crippen LogP contribution in [0.2, 0.25) is 0 Å². The van der Waals surface area contributed by atoms with Crippen LogP contribution in [0.15, 0.2) is 18.2 Å². The van der Waals surface area contributed by atoms with E-state index in [1.165, 1.54) is 42.7 Å². The molecule has 0 aliphatic carbocycles. The molecule has 1 aliphatic rings. The second kappa shape index (κ2) is 5.35. The summed E-state index contributed by atoms with van der Waals surface area (Å²) in [4.78, 5) is 2.50. The predicted molar refractivity (Wildman–Crippen MR) is 70.2 cm³/mol. The third kappa shape index (κ3) is 2.76. The summed E-state index contributed by atoms with van der Waals surface area (Å²) in [5.74, 6) is 0. The molecular weight excluding hydrogens is 196 g/mol. The highest BCUT2D eigenvalue weighted by Crippen LogP contribution is 2.19. The van der Waals surface area contributed by atoms with Crippen molar-refractivity contribution in [3.8, 4) is 0 Å². The molecule has 0 bridgehead atoms. The molecule has 0 saturated carbocycles. The predicted octanol–water partition coefficient (Wildman–Crippen LogP) is 2.49. The number of rotatable bonds is 1. The summed E-state index contributed by atoms with van der Waals surface area (Å²) >= 11 is 0. The average molecular weight is 218 g/mol. The first-order valence-corrected chi connectivity index (χ1v) is 6.30. The molecule has 0 radical (unpaired) electrons. The Morgan fingerprint density at radius 1 is 1.00 bits per heavy atom. The van der Waals surface area contributed by atoms with Gasteiger partial charge in [0.05, 0.1) is 0 Å². The lowest BCUT2D eigenvalue weighted by Crippen LogP contribution is -2.36. The Morgan fingerprint density at radius 2 is 1.88 bits per heavy atom. The second-order valence-corrected chi connectivity index (χ2v) is 4.71. The molecule has 0 spiro atoms. The van der Waals surface area contributed by atoms with Crippen LogP contribution in [0.5, 0.6) is 0 Å². The van der Waals surface area contributed by atoms with E-state index in [9.17, 15) is 0 Å². The number of hydrogen-bond donors (Lipinski definition) is 1. The summed E-state index contributed by atoms with van der Waals surface area (Å²) in [6.45, 7) is 8.98. The highest BCUT2D eigenvalue weighted by atomic mass is 15.1. The van der Waals surface area contributed by atoms with Crippen molar-refractivity contribution in [3.05, 3.63) is 29.3 Å². The Bertz CT molecular complexity index is 339. The van der Waals surface area contributed by atoms with Crippen molar-refractivity contribution in [2.75, 3.05) is 31.1 Å². The summed E-state index contributed by atoms with van der Waals surface area (Å²) in [5, 5.41) is 3.47. The van der Waals surface area contributed by atoms with Crippen molar-refractivity contribution in [2.45, 2.75) is 26.7 Å². The Balaban J connectivity index is 2.11. The molecular formula is C14H22N2. The van der Waals surface area contributed by atoms with Crippen molar-refractivity contribution in [2.24, 2.45) is 0 Å². The van der Waals surface area contributed by atoms with Crippen LogP contribution < -0.4 is 10.2 Å². The highest BCUT2D eigenvalue weighted by molar-refractivity contribution is 5.50. The Hall–Kier alpha value is -1.02. The molecule has 1 aromatic carbocycles. The van der Waals surface area contributed by atoms with Gasteiger partial charge in [0.15, 0.2) is 0 Å². The maximum Gasteiger partial charge on any atom is 0.0369 e. The van der Waals surface area contributed by atoms with Crippen LogP contribution in [0, 0.1) is 13.8 Å². The minimum absolute atomic E-state index is 1.10. The molecule has 1 aliphatic heterocycles. The molecule has 0 aromatic heterocycles. The van der Waals surface area contributed by atoms with Gasteiger partial charge in [0.1, 0.15) is 0 Å². The number of nitrogens with zero attached hydrogens (tertiary/aromatic N) is 1. The minimum atomic E-state index is 1.10. The summed E-state index contributed by atoms with van der Waals surface area (Å²) < 4.78 is 0. The van der Waals surface area contributed by atoms with Crippen molar-refractivity contribution < 1.29 is 0 Å². The standard InChI is InChI=1S/C14H22N2/c1-12-5-6-14(11-13(12)2)16-9-4-3-7-15-8-10-16/h5-6,11,15H,3-4,7-10H2,1-2H3. The molecule has 1 saturated heterocycles. The highest BCUT2D eigenvalue weighted by Gasteiger charge is 2.08. The fourth-order valence-electron chi connectivity index (χ4n) is 2.18. The lowest BCUT2D eigenvalue weighted by Gasteiger charge is -2.27. The lowest BCUT2D eigenvalue weighted by atomic mass is 10.1. The number of aryl methyl sites for hydroxylation is 2. The van der Waals surface area contributed by atoms with E-state index < -0.39 is 0 Å². The van der Waals surface area contributed by atoms with Gasteiger partial charge in [-0.3, -0.25) is 0 Å². The van der Waals surface area contributed by atoms with E-state index in [0.717, 1.165) is 13.1 Å². The molecule has 0 amide bonds. The molecule has 1 fully saturated rings. The van der Waals surface area contributed by atoms with Gasteiger partial charge in [-0.2, -0.15) is 0 Å². The lowest BCUT2D eigenvalue weighted by molar-refractivity contribution is 0.567. The zero-order valence-electron chi connectivity index (χ0n) is 10.4.